The molecule has 1 N–H and O–H groups in total. The third kappa shape index (κ3) is 3.98. The van der Waals surface area contributed by atoms with E-state index in [9.17, 15) is 10.1 Å². The van der Waals surface area contributed by atoms with Gasteiger partial charge in [-0.1, -0.05) is 12.1 Å². The van der Waals surface area contributed by atoms with Crippen molar-refractivity contribution in [2.75, 3.05) is 13.2 Å². The number of ether oxygens (including phenoxy) is 2. The van der Waals surface area contributed by atoms with Crippen LogP contribution in [0.4, 0.5) is 0 Å². The number of para-hydroxylation sites is 1. The first-order chi connectivity index (χ1) is 13.2. The Morgan fingerprint density at radius 3 is 2.70 bits per heavy atom. The summed E-state index contributed by atoms with van der Waals surface area (Å²) in [6.45, 7) is 4.81. The van der Waals surface area contributed by atoms with E-state index in [1.807, 2.05) is 26.0 Å². The van der Waals surface area contributed by atoms with Gasteiger partial charge in [-0.3, -0.25) is 4.79 Å². The van der Waals surface area contributed by atoms with Crippen LogP contribution in [-0.4, -0.2) is 23.2 Å². The topological polar surface area (TPSA) is 88.0 Å². The molecule has 2 aromatic carbocycles. The number of rotatable bonds is 6. The summed E-state index contributed by atoms with van der Waals surface area (Å²) in [5.41, 5.74) is 1.19. The van der Waals surface area contributed by atoms with E-state index in [1.165, 1.54) is 0 Å². The molecule has 0 atom stereocenters. The molecule has 1 aromatic heterocycles. The molecule has 0 saturated heterocycles. The van der Waals surface area contributed by atoms with Crippen molar-refractivity contribution >= 4 is 22.6 Å². The van der Waals surface area contributed by atoms with E-state index in [0.29, 0.717) is 41.2 Å². The number of hydrogen-bond acceptors (Lipinski definition) is 5. The summed E-state index contributed by atoms with van der Waals surface area (Å²) in [6, 6.07) is 14.5. The van der Waals surface area contributed by atoms with Crippen molar-refractivity contribution in [1.29, 1.82) is 5.26 Å². The molecule has 0 aliphatic heterocycles. The zero-order valence-electron chi connectivity index (χ0n) is 15.2. The molecule has 0 bridgehead atoms. The first-order valence-electron chi connectivity index (χ1n) is 8.67. The summed E-state index contributed by atoms with van der Waals surface area (Å²) in [7, 11) is 0. The van der Waals surface area contributed by atoms with Crippen molar-refractivity contribution in [3.63, 3.8) is 0 Å². The highest BCUT2D eigenvalue weighted by atomic mass is 16.5. The highest BCUT2D eigenvalue weighted by Crippen LogP contribution is 2.28. The molecule has 0 radical (unpaired) electrons. The standard InChI is InChI=1S/C21H19N3O3/c1-3-26-16-10-9-14(19(12-16)27-4-2)11-15(13-22)20-23-18-8-6-5-7-17(18)21(25)24-20/h5-12H,3-4H2,1-2H3,(H,23,24,25)/b15-11-. The normalized spacial score (nSPS) is 11.2. The van der Waals surface area contributed by atoms with Gasteiger partial charge in [-0.05, 0) is 44.2 Å². The van der Waals surface area contributed by atoms with Crippen LogP contribution < -0.4 is 15.0 Å². The maximum absolute atomic E-state index is 12.3. The SMILES string of the molecule is CCOc1ccc(/C=C(/C#N)c2nc3ccccc3c(=O)[nH]2)c(OCC)c1. The van der Waals surface area contributed by atoms with Gasteiger partial charge in [0.25, 0.3) is 5.56 Å². The van der Waals surface area contributed by atoms with Gasteiger partial charge in [0.1, 0.15) is 17.6 Å². The number of benzene rings is 2. The molecular weight excluding hydrogens is 342 g/mol. The van der Waals surface area contributed by atoms with Crippen LogP contribution >= 0.6 is 0 Å². The van der Waals surface area contributed by atoms with E-state index in [0.717, 1.165) is 0 Å². The average molecular weight is 361 g/mol. The molecule has 3 rings (SSSR count). The summed E-state index contributed by atoms with van der Waals surface area (Å²) >= 11 is 0. The molecule has 0 fully saturated rings. The minimum Gasteiger partial charge on any atom is -0.494 e. The molecule has 6 nitrogen and oxygen atoms in total. The van der Waals surface area contributed by atoms with E-state index in [4.69, 9.17) is 9.47 Å². The average Bonchev–Trinajstić information content (AvgIpc) is 2.68. The van der Waals surface area contributed by atoms with Crippen molar-refractivity contribution in [2.45, 2.75) is 13.8 Å². The van der Waals surface area contributed by atoms with Crippen LogP contribution in [0.2, 0.25) is 0 Å². The fourth-order valence-corrected chi connectivity index (χ4v) is 2.69. The minimum absolute atomic E-state index is 0.220. The van der Waals surface area contributed by atoms with Gasteiger partial charge in [0.05, 0.1) is 29.7 Å². The fourth-order valence-electron chi connectivity index (χ4n) is 2.69. The highest BCUT2D eigenvalue weighted by Gasteiger charge is 2.11. The number of aromatic nitrogens is 2. The second-order valence-electron chi connectivity index (χ2n) is 5.67. The molecule has 1 heterocycles. The Kier molecular flexibility index (Phi) is 5.53. The quantitative estimate of drug-likeness (QED) is 0.675. The number of allylic oxidation sites excluding steroid dienone is 1. The molecule has 0 saturated carbocycles. The number of nitrogens with one attached hydrogen (secondary N) is 1. The molecule has 0 aliphatic carbocycles. The summed E-state index contributed by atoms with van der Waals surface area (Å²) in [5, 5.41) is 10.1. The van der Waals surface area contributed by atoms with Gasteiger partial charge in [-0.2, -0.15) is 5.26 Å². The lowest BCUT2D eigenvalue weighted by molar-refractivity contribution is 0.322. The van der Waals surface area contributed by atoms with E-state index < -0.39 is 0 Å². The van der Waals surface area contributed by atoms with Crippen LogP contribution in [0.3, 0.4) is 0 Å². The smallest absolute Gasteiger partial charge is 0.259 e. The third-order valence-electron chi connectivity index (χ3n) is 3.88. The number of nitriles is 1. The van der Waals surface area contributed by atoms with Crippen LogP contribution in [-0.2, 0) is 0 Å². The highest BCUT2D eigenvalue weighted by molar-refractivity contribution is 5.90. The lowest BCUT2D eigenvalue weighted by Crippen LogP contribution is -2.11. The van der Waals surface area contributed by atoms with Crippen molar-refractivity contribution in [3.05, 3.63) is 64.2 Å². The maximum atomic E-state index is 12.3. The van der Waals surface area contributed by atoms with Crippen molar-refractivity contribution in [2.24, 2.45) is 0 Å². The van der Waals surface area contributed by atoms with Crippen molar-refractivity contribution in [3.8, 4) is 17.6 Å². The zero-order chi connectivity index (χ0) is 19.2. The molecule has 3 aromatic rings. The summed E-state index contributed by atoms with van der Waals surface area (Å²) in [6.07, 6.45) is 1.65. The molecule has 0 amide bonds. The number of nitrogens with zero attached hydrogens (tertiary/aromatic N) is 2. The molecular formula is C21H19N3O3. The molecule has 0 spiro atoms. The Bertz CT molecular complexity index is 1090. The van der Waals surface area contributed by atoms with Crippen LogP contribution in [0.5, 0.6) is 11.5 Å². The largest absolute Gasteiger partial charge is 0.494 e. The minimum atomic E-state index is -0.284. The van der Waals surface area contributed by atoms with E-state index in [1.54, 1.807) is 36.4 Å². The Labute approximate surface area is 156 Å². The monoisotopic (exact) mass is 361 g/mol. The Hall–Kier alpha value is -3.59. The van der Waals surface area contributed by atoms with Crippen molar-refractivity contribution in [1.82, 2.24) is 9.97 Å². The number of H-pyrrole nitrogens is 1. The molecule has 0 unspecified atom stereocenters. The van der Waals surface area contributed by atoms with Crippen LogP contribution in [0.1, 0.15) is 25.2 Å². The predicted molar refractivity (Wildman–Crippen MR) is 105 cm³/mol. The van der Waals surface area contributed by atoms with E-state index in [2.05, 4.69) is 16.0 Å². The maximum Gasteiger partial charge on any atom is 0.259 e. The van der Waals surface area contributed by atoms with Gasteiger partial charge in [0.2, 0.25) is 0 Å². The molecule has 27 heavy (non-hydrogen) atoms. The third-order valence-corrected chi connectivity index (χ3v) is 3.88. The number of aromatic amines is 1. The summed E-state index contributed by atoms with van der Waals surface area (Å²) in [4.78, 5) is 19.4. The van der Waals surface area contributed by atoms with E-state index >= 15 is 0 Å². The van der Waals surface area contributed by atoms with Crippen LogP contribution in [0.25, 0.3) is 22.6 Å². The van der Waals surface area contributed by atoms with Gasteiger partial charge in [-0.15, -0.1) is 0 Å². The molecule has 0 aliphatic rings. The van der Waals surface area contributed by atoms with Gasteiger partial charge < -0.3 is 14.5 Å². The van der Waals surface area contributed by atoms with Gasteiger partial charge >= 0.3 is 0 Å². The summed E-state index contributed by atoms with van der Waals surface area (Å²) < 4.78 is 11.2. The van der Waals surface area contributed by atoms with Gasteiger partial charge in [0.15, 0.2) is 5.82 Å². The van der Waals surface area contributed by atoms with Crippen LogP contribution in [0, 0.1) is 11.3 Å². The van der Waals surface area contributed by atoms with Crippen LogP contribution in [0.15, 0.2) is 47.3 Å². The lowest BCUT2D eigenvalue weighted by Gasteiger charge is -2.11. The first kappa shape index (κ1) is 18.2. The fraction of sp³-hybridized carbons (Fsp3) is 0.190. The van der Waals surface area contributed by atoms with Gasteiger partial charge in [-0.25, -0.2) is 4.98 Å². The van der Waals surface area contributed by atoms with Crippen molar-refractivity contribution < 1.29 is 9.47 Å². The predicted octanol–water partition coefficient (Wildman–Crippen LogP) is 3.78. The first-order valence-corrected chi connectivity index (χ1v) is 8.67. The molecule has 136 valence electrons. The Morgan fingerprint density at radius 1 is 1.19 bits per heavy atom. The summed E-state index contributed by atoms with van der Waals surface area (Å²) in [5.74, 6) is 1.51. The number of fused-ring (bicyclic) bond motifs is 1. The molecule has 6 heteroatoms. The Morgan fingerprint density at radius 2 is 1.96 bits per heavy atom. The Balaban J connectivity index is 2.09. The lowest BCUT2D eigenvalue weighted by atomic mass is 10.1. The zero-order valence-corrected chi connectivity index (χ0v) is 15.2. The number of hydrogen-bond donors (Lipinski definition) is 1. The van der Waals surface area contributed by atoms with E-state index in [-0.39, 0.29) is 17.0 Å². The second-order valence-corrected chi connectivity index (χ2v) is 5.67. The van der Waals surface area contributed by atoms with Gasteiger partial charge in [0, 0.05) is 11.6 Å². The second kappa shape index (κ2) is 8.19.